The van der Waals surface area contributed by atoms with Gasteiger partial charge in [0.2, 0.25) is 0 Å². The molecule has 0 spiro atoms. The predicted molar refractivity (Wildman–Crippen MR) is 95.3 cm³/mol. The first-order valence-corrected chi connectivity index (χ1v) is 8.08. The summed E-state index contributed by atoms with van der Waals surface area (Å²) in [6.07, 6.45) is 0. The Labute approximate surface area is 144 Å². The van der Waals surface area contributed by atoms with Crippen LogP contribution in [-0.2, 0) is 0 Å². The molecule has 2 aliphatic rings. The molecule has 116 valence electrons. The van der Waals surface area contributed by atoms with Crippen molar-refractivity contribution in [3.05, 3.63) is 58.1 Å². The number of hydrogen-bond acceptors (Lipinski definition) is 4. The molecule has 2 aliphatic heterocycles. The van der Waals surface area contributed by atoms with Crippen LogP contribution in [0.3, 0.4) is 0 Å². The molecule has 2 atom stereocenters. The van der Waals surface area contributed by atoms with Gasteiger partial charge < -0.3 is 5.43 Å². The zero-order chi connectivity index (χ0) is 16.0. The third kappa shape index (κ3) is 2.53. The summed E-state index contributed by atoms with van der Waals surface area (Å²) in [5, 5.41) is 1.25. The Morgan fingerprint density at radius 3 is 2.48 bits per heavy atom. The lowest BCUT2D eigenvalue weighted by atomic mass is 9.90. The Kier molecular flexibility index (Phi) is 3.60. The van der Waals surface area contributed by atoms with E-state index < -0.39 is 0 Å². The summed E-state index contributed by atoms with van der Waals surface area (Å²) < 4.78 is 0. The van der Waals surface area contributed by atoms with Gasteiger partial charge in [0.15, 0.2) is 0 Å². The van der Waals surface area contributed by atoms with Crippen molar-refractivity contribution < 1.29 is 0 Å². The second-order valence-corrected chi connectivity index (χ2v) is 6.47. The van der Waals surface area contributed by atoms with E-state index in [9.17, 15) is 0 Å². The molecule has 4 rings (SSSR count). The maximum Gasteiger partial charge on any atom is 0.127 e. The molecule has 0 saturated carbocycles. The molecule has 0 radical (unpaired) electrons. The van der Waals surface area contributed by atoms with Gasteiger partial charge in [-0.1, -0.05) is 41.4 Å². The highest BCUT2D eigenvalue weighted by atomic mass is 35.5. The van der Waals surface area contributed by atoms with Gasteiger partial charge in [0.25, 0.3) is 0 Å². The quantitative estimate of drug-likeness (QED) is 0.794. The molecule has 6 heteroatoms. The number of amidine groups is 1. The average molecular weight is 345 g/mol. The third-order valence-electron chi connectivity index (χ3n) is 4.15. The Hall–Kier alpha value is -1.88. The molecule has 0 aliphatic carbocycles. The molecule has 2 unspecified atom stereocenters. The van der Waals surface area contributed by atoms with Crippen LogP contribution in [-0.4, -0.2) is 11.5 Å². The molecular formula is C17H14Cl2N4. The Morgan fingerprint density at radius 2 is 1.74 bits per heavy atom. The minimum atomic E-state index is -0.0448. The Bertz CT molecular complexity index is 844. The lowest BCUT2D eigenvalue weighted by molar-refractivity contribution is 0.553. The van der Waals surface area contributed by atoms with E-state index in [1.807, 2.05) is 43.3 Å². The van der Waals surface area contributed by atoms with E-state index in [-0.39, 0.29) is 12.0 Å². The van der Waals surface area contributed by atoms with Crippen LogP contribution in [0, 0.1) is 5.92 Å². The standard InChI is InChI=1S/C17H14Cl2N4/c1-9-15-16(11-7-6-10(18)8-12(11)19)22-23-17(15)21-14-5-3-2-4-13(14)20-9/h2-8,15-16,22H,1H3,(H,21,23). The van der Waals surface area contributed by atoms with Crippen molar-refractivity contribution >= 4 is 46.1 Å². The van der Waals surface area contributed by atoms with Crippen LogP contribution in [0.1, 0.15) is 18.5 Å². The number of nitrogens with one attached hydrogen (secondary N) is 2. The number of rotatable bonds is 1. The van der Waals surface area contributed by atoms with Gasteiger partial charge in [-0.3, -0.25) is 4.99 Å². The molecule has 4 nitrogen and oxygen atoms in total. The SMILES string of the molecule is CC1=Nc2ccccc2N=C2NNC(c3ccc(Cl)cc3Cl)C12. The number of hydrazine groups is 1. The van der Waals surface area contributed by atoms with E-state index >= 15 is 0 Å². The lowest BCUT2D eigenvalue weighted by Gasteiger charge is -2.18. The smallest absolute Gasteiger partial charge is 0.127 e. The summed E-state index contributed by atoms with van der Waals surface area (Å²) in [6.45, 7) is 2.02. The van der Waals surface area contributed by atoms with Crippen molar-refractivity contribution in [2.45, 2.75) is 13.0 Å². The van der Waals surface area contributed by atoms with Crippen molar-refractivity contribution in [2.24, 2.45) is 15.9 Å². The first-order valence-electron chi connectivity index (χ1n) is 7.33. The van der Waals surface area contributed by atoms with Gasteiger partial charge in [-0.05, 0) is 36.8 Å². The molecule has 0 bridgehead atoms. The van der Waals surface area contributed by atoms with E-state index in [4.69, 9.17) is 33.2 Å². The third-order valence-corrected chi connectivity index (χ3v) is 4.71. The molecule has 2 heterocycles. The van der Waals surface area contributed by atoms with Crippen LogP contribution in [0.15, 0.2) is 52.4 Å². The van der Waals surface area contributed by atoms with Crippen LogP contribution >= 0.6 is 23.2 Å². The van der Waals surface area contributed by atoms with Crippen LogP contribution in [0.25, 0.3) is 0 Å². The highest BCUT2D eigenvalue weighted by Crippen LogP contribution is 2.38. The second kappa shape index (κ2) is 5.64. The minimum Gasteiger partial charge on any atom is -0.308 e. The topological polar surface area (TPSA) is 48.8 Å². The van der Waals surface area contributed by atoms with Crippen molar-refractivity contribution in [3.8, 4) is 0 Å². The highest BCUT2D eigenvalue weighted by molar-refractivity contribution is 6.35. The number of benzene rings is 2. The van der Waals surface area contributed by atoms with Gasteiger partial charge in [-0.2, -0.15) is 0 Å². The van der Waals surface area contributed by atoms with Crippen LogP contribution in [0.4, 0.5) is 11.4 Å². The summed E-state index contributed by atoms with van der Waals surface area (Å²) in [4.78, 5) is 9.49. The molecule has 1 fully saturated rings. The van der Waals surface area contributed by atoms with Gasteiger partial charge in [-0.25, -0.2) is 10.4 Å². The molecular weight excluding hydrogens is 331 g/mol. The molecule has 2 aromatic rings. The summed E-state index contributed by atoms with van der Waals surface area (Å²) in [5.74, 6) is 0.855. The van der Waals surface area contributed by atoms with Crippen LogP contribution < -0.4 is 10.9 Å². The summed E-state index contributed by atoms with van der Waals surface area (Å²) in [7, 11) is 0. The maximum absolute atomic E-state index is 6.39. The van der Waals surface area contributed by atoms with E-state index in [1.165, 1.54) is 0 Å². The van der Waals surface area contributed by atoms with Gasteiger partial charge in [0, 0.05) is 15.8 Å². The van der Waals surface area contributed by atoms with E-state index in [2.05, 4.69) is 10.9 Å². The van der Waals surface area contributed by atoms with Gasteiger partial charge in [-0.15, -0.1) is 0 Å². The second-order valence-electron chi connectivity index (χ2n) is 5.63. The van der Waals surface area contributed by atoms with Crippen molar-refractivity contribution in [1.82, 2.24) is 10.9 Å². The number of hydrogen-bond donors (Lipinski definition) is 2. The number of aliphatic imine (C=N–C) groups is 2. The summed E-state index contributed by atoms with van der Waals surface area (Å²) >= 11 is 12.4. The van der Waals surface area contributed by atoms with Crippen LogP contribution in [0.2, 0.25) is 10.0 Å². The minimum absolute atomic E-state index is 0.000996. The van der Waals surface area contributed by atoms with Gasteiger partial charge in [0.1, 0.15) is 5.84 Å². The maximum atomic E-state index is 6.39. The first kappa shape index (κ1) is 14.7. The summed E-state index contributed by atoms with van der Waals surface area (Å²) in [5.41, 5.74) is 10.2. The highest BCUT2D eigenvalue weighted by Gasteiger charge is 2.38. The van der Waals surface area contributed by atoms with Crippen molar-refractivity contribution in [2.75, 3.05) is 0 Å². The number of nitrogens with zero attached hydrogens (tertiary/aromatic N) is 2. The monoisotopic (exact) mass is 344 g/mol. The predicted octanol–water partition coefficient (Wildman–Crippen LogP) is 4.59. The lowest BCUT2D eigenvalue weighted by Crippen LogP contribution is -2.27. The fraction of sp³-hybridized carbons (Fsp3) is 0.176. The molecule has 0 aromatic heterocycles. The van der Waals surface area contributed by atoms with E-state index in [0.29, 0.717) is 10.0 Å². The zero-order valence-electron chi connectivity index (χ0n) is 12.3. The number of para-hydroxylation sites is 2. The van der Waals surface area contributed by atoms with E-state index in [0.717, 1.165) is 28.5 Å². The van der Waals surface area contributed by atoms with Gasteiger partial charge >= 0.3 is 0 Å². The fourth-order valence-corrected chi connectivity index (χ4v) is 3.59. The number of halogens is 2. The Morgan fingerprint density at radius 1 is 1.00 bits per heavy atom. The molecule has 1 saturated heterocycles. The molecule has 23 heavy (non-hydrogen) atoms. The average Bonchev–Trinajstić information content (AvgIpc) is 2.86. The largest absolute Gasteiger partial charge is 0.308 e. The first-order chi connectivity index (χ1) is 11.1. The summed E-state index contributed by atoms with van der Waals surface area (Å²) in [6, 6.07) is 13.4. The van der Waals surface area contributed by atoms with Crippen LogP contribution in [0.5, 0.6) is 0 Å². The normalized spacial score (nSPS) is 22.4. The number of fused-ring (bicyclic) bond motifs is 2. The van der Waals surface area contributed by atoms with Crippen molar-refractivity contribution in [3.63, 3.8) is 0 Å². The molecule has 2 aromatic carbocycles. The van der Waals surface area contributed by atoms with E-state index in [1.54, 1.807) is 6.07 Å². The van der Waals surface area contributed by atoms with Crippen molar-refractivity contribution in [1.29, 1.82) is 0 Å². The zero-order valence-corrected chi connectivity index (χ0v) is 13.9. The van der Waals surface area contributed by atoms with Gasteiger partial charge in [0.05, 0.1) is 23.3 Å². The Balaban J connectivity index is 1.81. The fourth-order valence-electron chi connectivity index (χ4n) is 3.06. The molecule has 2 N–H and O–H groups in total. The molecule has 0 amide bonds.